The molecule has 7 aromatic carbocycles. The van der Waals surface area contributed by atoms with E-state index in [9.17, 15) is 53.5 Å². The van der Waals surface area contributed by atoms with E-state index in [1.807, 2.05) is 38.7 Å². The first-order valence-corrected chi connectivity index (χ1v) is 52.8. The molecule has 7 aliphatic heterocycles. The van der Waals surface area contributed by atoms with Gasteiger partial charge in [0.1, 0.15) is 40.7 Å². The molecule has 0 aromatic heterocycles. The van der Waals surface area contributed by atoms with Crippen molar-refractivity contribution in [1.82, 2.24) is 68.2 Å². The van der Waals surface area contributed by atoms with Crippen LogP contribution >= 0.6 is 0 Å². The summed E-state index contributed by atoms with van der Waals surface area (Å²) in [5, 5.41) is 5.36. The molecule has 0 saturated carbocycles. The maximum absolute atomic E-state index is 13.7. The largest absolute Gasteiger partial charge is 0.359 e. The molecule has 140 heavy (non-hydrogen) atoms. The zero-order valence-corrected chi connectivity index (χ0v) is 90.1. The van der Waals surface area contributed by atoms with Crippen LogP contribution in [0.15, 0.2) is 127 Å². The molecule has 778 valence electrons. The topological polar surface area (TPSA) is 148 Å². The molecule has 7 saturated heterocycles. The van der Waals surface area contributed by atoms with E-state index >= 15 is 0 Å². The zero-order chi connectivity index (χ0) is 103. The van der Waals surface area contributed by atoms with Crippen LogP contribution in [0.4, 0.5) is 30.7 Å². The summed E-state index contributed by atoms with van der Waals surface area (Å²) in [5.41, 5.74) is 14.7. The van der Waals surface area contributed by atoms with Crippen molar-refractivity contribution in [3.8, 4) is 0 Å². The molecule has 2 N–H and O–H groups in total. The first-order valence-electron chi connectivity index (χ1n) is 51.4. The molecule has 3 amide bonds. The Balaban J connectivity index is 0.000000200. The number of carbonyl (C=O) groups is 3. The van der Waals surface area contributed by atoms with Gasteiger partial charge in [-0.25, -0.2) is 30.7 Å². The smallest absolute Gasteiger partial charge is 0.281 e. The first-order chi connectivity index (χ1) is 66.0. The number of likely N-dealkylation sites (tertiary alicyclic amines) is 5. The highest BCUT2D eigenvalue weighted by atomic mass is 32.2. The summed E-state index contributed by atoms with van der Waals surface area (Å²) < 4.78 is 122. The molecule has 7 aliphatic rings. The van der Waals surface area contributed by atoms with Crippen molar-refractivity contribution in [2.24, 2.45) is 17.8 Å². The lowest BCUT2D eigenvalue weighted by molar-refractivity contribution is -0.136. The van der Waals surface area contributed by atoms with Crippen LogP contribution in [-0.4, -0.2) is 270 Å². The molecule has 0 radical (unpaired) electrons. The van der Waals surface area contributed by atoms with Gasteiger partial charge in [-0.2, -0.15) is 17.0 Å². The van der Waals surface area contributed by atoms with Gasteiger partial charge in [0.2, 0.25) is 17.7 Å². The Labute approximate surface area is 837 Å². The van der Waals surface area contributed by atoms with Gasteiger partial charge in [-0.1, -0.05) is 153 Å². The van der Waals surface area contributed by atoms with E-state index < -0.39 is 10.2 Å². The third-order valence-electron chi connectivity index (χ3n) is 28.1. The van der Waals surface area contributed by atoms with Crippen LogP contribution in [-0.2, 0) is 70.4 Å². The number of benzene rings is 7. The number of amides is 3. The minimum atomic E-state index is -3.34. The normalized spacial score (nSPS) is 18.6. The number of hydrogen-bond acceptors (Lipinski definition) is 14. The number of hydrogen-bond donors (Lipinski definition) is 2. The second-order valence-corrected chi connectivity index (χ2v) is 45.1. The van der Waals surface area contributed by atoms with E-state index in [-0.39, 0.29) is 82.1 Å². The monoisotopic (exact) mass is 1970 g/mol. The average molecular weight is 1970 g/mol. The summed E-state index contributed by atoms with van der Waals surface area (Å²) >= 11 is 0. The number of piperidine rings is 1. The van der Waals surface area contributed by atoms with Crippen LogP contribution in [0.25, 0.3) is 0 Å². The standard InChI is InChI=1S/C18H27FN2O.C17H27FN2.C16H26FN3O2S.C16H23FN2O.C16H25FN2.C15H21FN2O.C15H22FN/c1-13(2)16-9-15(10-17(19)11-16)12-20-5-7-21(8-6-20)18(22)14(3)4;1-13(2)15-9-14(10-16(18)11-15)12-20-7-5-17(6-8-20)19(3)4;1-13(2)15-9-14(10-16(17)11-15)12-19-5-7-20(8-6-19)23(21,22)18(3)4;1-11(2)14-6-12(7-15(17)8-14)9-19-5-4-13(10-19)16(20)18-3;1-12(2)14-7-13(8-15(17)9-14)10-19-6-5-16(11-19)18(3)4;1-10(2)12-4-11(5-14(16)6-12)7-18-8-13(9-18)15(19)17-3;1-11(2)14-7-13(8-15(16)9-14)10-17-6-4-5-12(17)3/h9-11,13-14H,5-8,12H2,1-4H3;9-11,13,17H,5-8,12H2,1-4H3;9-11,13H,5-8,12H2,1-4H3;6-8,11,13H,4-5,9-10H2,1-3H3,(H,18,20);7-9,12,16H,5-6,10-11H2,1-4H3;4-6,10,13H,7-9H2,1-3H3,(H,17,19);7-9,11-12H,4-6,10H2,1-3H3. The third-order valence-corrected chi connectivity index (χ3v) is 30.0. The fraction of sp³-hybridized carbons (Fsp3) is 0.602. The SMILES string of the molecule is CC(C)C(=O)N1CCN(Cc2cc(F)cc(C(C)C)c2)CC1.CC(C)c1cc(F)cc(CN2CCC(N(C)C)C2)c1.CC(C)c1cc(F)cc(CN2CCC(N(C)C)CC2)c1.CC(C)c1cc(F)cc(CN2CCCC2C)c1.CC(C)c1cc(F)cc(CN2CCN(S(=O)(=O)N(C)C)CC2)c1.CNC(=O)C1CCN(Cc2cc(F)cc(C(C)C)c2)C1.CNC(=O)C1CN(Cc2cc(F)cc(C(C)C)c2)C1. The van der Waals surface area contributed by atoms with Gasteiger partial charge < -0.3 is 25.3 Å². The molecule has 0 spiro atoms. The number of nitrogens with one attached hydrogen (secondary N) is 2. The van der Waals surface area contributed by atoms with Gasteiger partial charge in [-0.3, -0.25) is 48.7 Å². The first kappa shape index (κ1) is 117. The molecule has 0 aliphatic carbocycles. The number of piperazine rings is 2. The summed E-state index contributed by atoms with van der Waals surface area (Å²) in [6, 6.07) is 39.5. The van der Waals surface area contributed by atoms with Gasteiger partial charge >= 0.3 is 0 Å². The summed E-state index contributed by atoms with van der Waals surface area (Å²) in [7, 11) is 11.7. The van der Waals surface area contributed by atoms with Crippen LogP contribution < -0.4 is 10.6 Å². The maximum Gasteiger partial charge on any atom is 0.281 e. The summed E-state index contributed by atoms with van der Waals surface area (Å²) in [6.07, 6.45) is 7.05. The minimum Gasteiger partial charge on any atom is -0.359 e. The van der Waals surface area contributed by atoms with Crippen molar-refractivity contribution < 1.29 is 53.5 Å². The second-order valence-electron chi connectivity index (χ2n) is 43.0. The van der Waals surface area contributed by atoms with Crippen LogP contribution in [0, 0.1) is 58.5 Å². The minimum absolute atomic E-state index is 0.0587. The lowest BCUT2D eigenvalue weighted by Crippen LogP contribution is -2.52. The molecule has 7 aromatic rings. The Bertz CT molecular complexity index is 5120. The number of carbonyl (C=O) groups excluding carboxylic acids is 3. The lowest BCUT2D eigenvalue weighted by Gasteiger charge is -2.38. The quantitative estimate of drug-likeness (QED) is 0.0448. The summed E-state index contributed by atoms with van der Waals surface area (Å²) in [6.45, 7) is 54.9. The molecule has 7 heterocycles. The van der Waals surface area contributed by atoms with Crippen molar-refractivity contribution in [3.05, 3.63) is 246 Å². The average Bonchev–Trinajstić information content (AvgIpc) is 0.916. The van der Waals surface area contributed by atoms with Gasteiger partial charge in [-0.15, -0.1) is 0 Å². The number of halogens is 7. The van der Waals surface area contributed by atoms with E-state index in [0.717, 1.165) is 196 Å². The Morgan fingerprint density at radius 3 is 0.886 bits per heavy atom. The predicted molar refractivity (Wildman–Crippen MR) is 558 cm³/mol. The highest BCUT2D eigenvalue weighted by molar-refractivity contribution is 7.86. The van der Waals surface area contributed by atoms with Gasteiger partial charge in [-0.05, 0) is 304 Å². The fourth-order valence-corrected chi connectivity index (χ4v) is 20.1. The van der Waals surface area contributed by atoms with Gasteiger partial charge in [0.15, 0.2) is 0 Å². The van der Waals surface area contributed by atoms with E-state index in [2.05, 4.69) is 209 Å². The molecule has 3 atom stereocenters. The molecule has 7 fully saturated rings. The Morgan fingerprint density at radius 2 is 0.593 bits per heavy atom. The van der Waals surface area contributed by atoms with Crippen molar-refractivity contribution in [1.29, 1.82) is 0 Å². The molecule has 3 unspecified atom stereocenters. The zero-order valence-electron chi connectivity index (χ0n) is 89.3. The lowest BCUT2D eigenvalue weighted by atomic mass is 9.96. The van der Waals surface area contributed by atoms with E-state index in [0.29, 0.717) is 99.4 Å². The van der Waals surface area contributed by atoms with Gasteiger partial charge in [0, 0.05) is 183 Å². The van der Waals surface area contributed by atoms with E-state index in [4.69, 9.17) is 0 Å². The Kier molecular flexibility index (Phi) is 47.3. The van der Waals surface area contributed by atoms with E-state index in [1.165, 1.54) is 40.7 Å². The molecule has 14 rings (SSSR count). The number of rotatable bonds is 28. The van der Waals surface area contributed by atoms with Crippen LogP contribution in [0.3, 0.4) is 0 Å². The third kappa shape index (κ3) is 38.2. The highest BCUT2D eigenvalue weighted by Gasteiger charge is 2.35. The van der Waals surface area contributed by atoms with Crippen molar-refractivity contribution >= 4 is 27.9 Å². The molecular formula is C113H171F7N14O5S. The number of likely N-dealkylation sites (N-methyl/N-ethyl adjacent to an activating group) is 1. The molecular weight excluding hydrogens is 1800 g/mol. The fourth-order valence-electron chi connectivity index (χ4n) is 19.0. The maximum atomic E-state index is 13.7. The Morgan fingerprint density at radius 1 is 0.321 bits per heavy atom. The van der Waals surface area contributed by atoms with E-state index in [1.54, 1.807) is 113 Å². The van der Waals surface area contributed by atoms with Crippen molar-refractivity contribution in [3.63, 3.8) is 0 Å². The number of nitrogens with zero attached hydrogens (tertiary/aromatic N) is 12. The van der Waals surface area contributed by atoms with Gasteiger partial charge in [0.05, 0.1) is 11.8 Å². The molecule has 27 heteroatoms. The van der Waals surface area contributed by atoms with Crippen LogP contribution in [0.2, 0.25) is 0 Å². The van der Waals surface area contributed by atoms with Crippen molar-refractivity contribution in [2.45, 2.75) is 262 Å². The van der Waals surface area contributed by atoms with Crippen molar-refractivity contribution in [2.75, 3.05) is 168 Å². The predicted octanol–water partition coefficient (Wildman–Crippen LogP) is 20.3. The summed E-state index contributed by atoms with van der Waals surface area (Å²) in [4.78, 5) is 57.7. The van der Waals surface area contributed by atoms with Gasteiger partial charge in [0.25, 0.3) is 10.2 Å². The van der Waals surface area contributed by atoms with Crippen LogP contribution in [0.1, 0.15) is 276 Å². The van der Waals surface area contributed by atoms with Crippen LogP contribution in [0.5, 0.6) is 0 Å². The Hall–Kier alpha value is -8.03. The summed E-state index contributed by atoms with van der Waals surface area (Å²) in [5.74, 6) is 2.02. The highest BCUT2D eigenvalue weighted by Crippen LogP contribution is 2.31. The second kappa shape index (κ2) is 56.4. The molecule has 0 bridgehead atoms. The molecule has 19 nitrogen and oxygen atoms in total.